The standard InChI is InChI=1S/C16H21N3O3S/c1-4-22-16(21)13-9(2)12-14(17-10(3)18-15(12)23-13)19-7-5-6-11(20)8-19/h11,20H,4-8H2,1-3H3/t11-/m1/s1. The van der Waals surface area contributed by atoms with Crippen molar-refractivity contribution < 1.29 is 14.6 Å². The van der Waals surface area contributed by atoms with Gasteiger partial charge in [0.05, 0.1) is 18.1 Å². The first-order valence-corrected chi connectivity index (χ1v) is 8.70. The number of rotatable bonds is 3. The highest BCUT2D eigenvalue weighted by Gasteiger charge is 2.26. The summed E-state index contributed by atoms with van der Waals surface area (Å²) in [5.41, 5.74) is 0.860. The molecule has 0 spiro atoms. The zero-order valence-electron chi connectivity index (χ0n) is 13.6. The highest BCUT2D eigenvalue weighted by Crippen LogP contribution is 2.36. The summed E-state index contributed by atoms with van der Waals surface area (Å²) in [5.74, 6) is 1.18. The Kier molecular flexibility index (Phi) is 4.50. The van der Waals surface area contributed by atoms with E-state index in [1.807, 2.05) is 13.8 Å². The topological polar surface area (TPSA) is 75.5 Å². The molecule has 0 amide bonds. The Hall–Kier alpha value is -1.73. The van der Waals surface area contributed by atoms with Gasteiger partial charge >= 0.3 is 5.97 Å². The van der Waals surface area contributed by atoms with E-state index in [1.165, 1.54) is 11.3 Å². The molecule has 0 radical (unpaired) electrons. The average Bonchev–Trinajstić information content (AvgIpc) is 2.83. The third kappa shape index (κ3) is 3.03. The van der Waals surface area contributed by atoms with Crippen molar-refractivity contribution in [3.63, 3.8) is 0 Å². The lowest BCUT2D eigenvalue weighted by Crippen LogP contribution is -2.39. The van der Waals surface area contributed by atoms with Crippen molar-refractivity contribution in [3.8, 4) is 0 Å². The molecule has 2 aromatic heterocycles. The molecule has 3 rings (SSSR count). The fourth-order valence-electron chi connectivity index (χ4n) is 2.99. The van der Waals surface area contributed by atoms with Crippen LogP contribution in [0.15, 0.2) is 0 Å². The van der Waals surface area contributed by atoms with Crippen molar-refractivity contribution in [2.45, 2.75) is 39.7 Å². The number of esters is 1. The van der Waals surface area contributed by atoms with Crippen LogP contribution in [0.25, 0.3) is 10.2 Å². The van der Waals surface area contributed by atoms with E-state index in [9.17, 15) is 9.90 Å². The van der Waals surface area contributed by atoms with Crippen LogP contribution in [0.2, 0.25) is 0 Å². The smallest absolute Gasteiger partial charge is 0.348 e. The zero-order valence-corrected chi connectivity index (χ0v) is 14.4. The minimum Gasteiger partial charge on any atom is -0.462 e. The number of aliphatic hydroxyl groups is 1. The second-order valence-corrected chi connectivity index (χ2v) is 6.79. The number of fused-ring (bicyclic) bond motifs is 1. The zero-order chi connectivity index (χ0) is 16.6. The van der Waals surface area contributed by atoms with Crippen LogP contribution >= 0.6 is 11.3 Å². The number of nitrogens with zero attached hydrogens (tertiary/aromatic N) is 3. The van der Waals surface area contributed by atoms with Crippen molar-refractivity contribution in [3.05, 3.63) is 16.3 Å². The molecule has 1 aliphatic rings. The fourth-order valence-corrected chi connectivity index (χ4v) is 4.10. The molecule has 1 saturated heterocycles. The maximum absolute atomic E-state index is 12.1. The van der Waals surface area contributed by atoms with E-state index in [4.69, 9.17) is 4.74 Å². The van der Waals surface area contributed by atoms with E-state index in [2.05, 4.69) is 14.9 Å². The van der Waals surface area contributed by atoms with Gasteiger partial charge in [-0.3, -0.25) is 0 Å². The van der Waals surface area contributed by atoms with Crippen LogP contribution in [0.4, 0.5) is 5.82 Å². The van der Waals surface area contributed by atoms with Crippen molar-refractivity contribution >= 4 is 33.3 Å². The van der Waals surface area contributed by atoms with E-state index in [-0.39, 0.29) is 12.1 Å². The SMILES string of the molecule is CCOC(=O)c1sc2nc(C)nc(N3CCC[C@@H](O)C3)c2c1C. The first kappa shape index (κ1) is 16.1. The largest absolute Gasteiger partial charge is 0.462 e. The second-order valence-electron chi connectivity index (χ2n) is 5.79. The number of aliphatic hydroxyl groups excluding tert-OH is 1. The minimum atomic E-state index is -0.336. The van der Waals surface area contributed by atoms with E-state index in [0.29, 0.717) is 23.9 Å². The molecule has 1 fully saturated rings. The van der Waals surface area contributed by atoms with Gasteiger partial charge in [-0.05, 0) is 39.2 Å². The van der Waals surface area contributed by atoms with Gasteiger partial charge in [0.25, 0.3) is 0 Å². The molecule has 2 aromatic rings. The number of hydrogen-bond acceptors (Lipinski definition) is 7. The Morgan fingerprint density at radius 1 is 1.43 bits per heavy atom. The van der Waals surface area contributed by atoms with Crippen molar-refractivity contribution in [1.29, 1.82) is 0 Å². The molecule has 3 heterocycles. The number of ether oxygens (including phenoxy) is 1. The summed E-state index contributed by atoms with van der Waals surface area (Å²) < 4.78 is 5.14. The molecule has 124 valence electrons. The summed E-state index contributed by atoms with van der Waals surface area (Å²) in [5, 5.41) is 10.9. The van der Waals surface area contributed by atoms with Gasteiger partial charge in [-0.2, -0.15) is 0 Å². The number of carbonyl (C=O) groups is 1. The Bertz CT molecular complexity index is 744. The second kappa shape index (κ2) is 6.41. The van der Waals surface area contributed by atoms with E-state index >= 15 is 0 Å². The molecule has 1 N–H and O–H groups in total. The molecule has 0 saturated carbocycles. The van der Waals surface area contributed by atoms with Crippen LogP contribution in [-0.2, 0) is 4.74 Å². The Morgan fingerprint density at radius 3 is 2.91 bits per heavy atom. The van der Waals surface area contributed by atoms with Gasteiger partial charge in [-0.1, -0.05) is 0 Å². The molecule has 0 bridgehead atoms. The maximum Gasteiger partial charge on any atom is 0.348 e. The number of carbonyl (C=O) groups excluding carboxylic acids is 1. The highest BCUT2D eigenvalue weighted by molar-refractivity contribution is 7.20. The number of thiophene rings is 1. The summed E-state index contributed by atoms with van der Waals surface area (Å²) in [6, 6.07) is 0. The predicted molar refractivity (Wildman–Crippen MR) is 90.3 cm³/mol. The number of anilines is 1. The Morgan fingerprint density at radius 2 is 2.22 bits per heavy atom. The van der Waals surface area contributed by atoms with Crippen molar-refractivity contribution in [1.82, 2.24) is 9.97 Å². The molecular formula is C16H21N3O3S. The molecule has 0 aliphatic carbocycles. The van der Waals surface area contributed by atoms with Crippen molar-refractivity contribution in [2.75, 3.05) is 24.6 Å². The van der Waals surface area contributed by atoms with Gasteiger partial charge in [0.15, 0.2) is 0 Å². The monoisotopic (exact) mass is 335 g/mol. The summed E-state index contributed by atoms with van der Waals surface area (Å²) >= 11 is 1.35. The maximum atomic E-state index is 12.1. The molecule has 0 aromatic carbocycles. The predicted octanol–water partition coefficient (Wildman–Crippen LogP) is 2.45. The lowest BCUT2D eigenvalue weighted by molar-refractivity contribution is 0.0531. The van der Waals surface area contributed by atoms with Gasteiger partial charge in [0.2, 0.25) is 0 Å². The van der Waals surface area contributed by atoms with Crippen LogP contribution in [0, 0.1) is 13.8 Å². The summed E-state index contributed by atoms with van der Waals surface area (Å²) in [6.07, 6.45) is 1.41. The van der Waals surface area contributed by atoms with Crippen molar-refractivity contribution in [2.24, 2.45) is 0 Å². The van der Waals surface area contributed by atoms with Gasteiger partial charge in [-0.15, -0.1) is 11.3 Å². The normalized spacial score (nSPS) is 18.4. The van der Waals surface area contributed by atoms with E-state index < -0.39 is 0 Å². The molecule has 23 heavy (non-hydrogen) atoms. The van der Waals surface area contributed by atoms with Crippen LogP contribution in [0.3, 0.4) is 0 Å². The lowest BCUT2D eigenvalue weighted by atomic mass is 10.1. The molecule has 1 atom stereocenters. The van der Waals surface area contributed by atoms with E-state index in [0.717, 1.165) is 41.0 Å². The van der Waals surface area contributed by atoms with Crippen LogP contribution in [-0.4, -0.2) is 46.8 Å². The highest BCUT2D eigenvalue weighted by atomic mass is 32.1. The van der Waals surface area contributed by atoms with Crippen LogP contribution in [0.1, 0.15) is 40.8 Å². The number of hydrogen-bond donors (Lipinski definition) is 1. The van der Waals surface area contributed by atoms with Crippen LogP contribution < -0.4 is 4.90 Å². The van der Waals surface area contributed by atoms with E-state index in [1.54, 1.807) is 6.92 Å². The lowest BCUT2D eigenvalue weighted by Gasteiger charge is -2.31. The third-order valence-corrected chi connectivity index (χ3v) is 5.21. The number of β-amino-alcohol motifs (C(OH)–C–C–N with tert-alkyl or cyclic N) is 1. The number of piperidine rings is 1. The van der Waals surface area contributed by atoms with Gasteiger partial charge in [0.1, 0.15) is 21.3 Å². The summed E-state index contributed by atoms with van der Waals surface area (Å²) in [6.45, 7) is 7.33. The summed E-state index contributed by atoms with van der Waals surface area (Å²) in [4.78, 5) is 24.7. The Labute approximate surface area is 139 Å². The first-order valence-electron chi connectivity index (χ1n) is 7.89. The quantitative estimate of drug-likeness (QED) is 0.868. The molecular weight excluding hydrogens is 314 g/mol. The average molecular weight is 335 g/mol. The molecule has 0 unspecified atom stereocenters. The number of aryl methyl sites for hydroxylation is 2. The first-order chi connectivity index (χ1) is 11.0. The summed E-state index contributed by atoms with van der Waals surface area (Å²) in [7, 11) is 0. The van der Waals surface area contributed by atoms with Gasteiger partial charge < -0.3 is 14.7 Å². The van der Waals surface area contributed by atoms with Gasteiger partial charge in [-0.25, -0.2) is 14.8 Å². The van der Waals surface area contributed by atoms with Crippen LogP contribution in [0.5, 0.6) is 0 Å². The molecule has 7 heteroatoms. The number of aromatic nitrogens is 2. The minimum absolute atomic E-state index is 0.310. The van der Waals surface area contributed by atoms with Gasteiger partial charge in [0, 0.05) is 13.1 Å². The fraction of sp³-hybridized carbons (Fsp3) is 0.562. The molecule has 6 nitrogen and oxygen atoms in total. The molecule has 1 aliphatic heterocycles. The Balaban J connectivity index is 2.12. The third-order valence-electron chi connectivity index (χ3n) is 4.04.